The van der Waals surface area contributed by atoms with E-state index in [1.807, 2.05) is 5.32 Å². The van der Waals surface area contributed by atoms with Gasteiger partial charge in [0.2, 0.25) is 5.91 Å². The van der Waals surface area contributed by atoms with Crippen LogP contribution in [-0.2, 0) is 15.8 Å². The maximum Gasteiger partial charge on any atom is 0.435 e. The van der Waals surface area contributed by atoms with Gasteiger partial charge in [0.25, 0.3) is 0 Å². The Hall–Kier alpha value is -2.43. The van der Waals surface area contributed by atoms with Gasteiger partial charge >= 0.3 is 18.1 Å². The van der Waals surface area contributed by atoms with Crippen molar-refractivity contribution in [2.24, 2.45) is 0 Å². The highest BCUT2D eigenvalue weighted by Crippen LogP contribution is 2.36. The molecule has 0 aliphatic carbocycles. The summed E-state index contributed by atoms with van der Waals surface area (Å²) in [5, 5.41) is 18.1. The van der Waals surface area contributed by atoms with Crippen LogP contribution in [0.4, 0.5) is 18.3 Å². The number of aromatic carboxylic acids is 1. The van der Waals surface area contributed by atoms with Gasteiger partial charge in [0.15, 0.2) is 10.8 Å². The Bertz CT molecular complexity index is 593. The minimum absolute atomic E-state index is 0.113. The fourth-order valence-electron chi connectivity index (χ4n) is 1.00. The molecule has 1 rings (SSSR count). The van der Waals surface area contributed by atoms with Gasteiger partial charge in [-0.05, 0) is 0 Å². The number of anilines is 1. The Morgan fingerprint density at radius 3 is 2.20 bits per heavy atom. The SMILES string of the molecule is O=C(O)/C=C/C(=O)Nc1nc(C(F)(F)F)c(C(=O)O)s1. The molecule has 20 heavy (non-hydrogen) atoms. The van der Waals surface area contributed by atoms with E-state index in [1.54, 1.807) is 0 Å². The highest BCUT2D eigenvalue weighted by Gasteiger charge is 2.39. The van der Waals surface area contributed by atoms with Crippen LogP contribution < -0.4 is 5.32 Å². The fourth-order valence-corrected chi connectivity index (χ4v) is 1.83. The van der Waals surface area contributed by atoms with Crippen molar-refractivity contribution in [3.8, 4) is 0 Å². The lowest BCUT2D eigenvalue weighted by atomic mass is 10.3. The average molecular weight is 310 g/mol. The molecule has 108 valence electrons. The Labute approximate surface area is 112 Å². The number of thiazole rings is 1. The number of hydrogen-bond donors (Lipinski definition) is 3. The number of carboxylic acids is 2. The molecule has 1 amide bonds. The minimum atomic E-state index is -4.98. The van der Waals surface area contributed by atoms with E-state index in [9.17, 15) is 27.6 Å². The first-order chi connectivity index (χ1) is 9.11. The zero-order valence-electron chi connectivity index (χ0n) is 9.26. The average Bonchev–Trinajstić information content (AvgIpc) is 2.70. The van der Waals surface area contributed by atoms with Crippen molar-refractivity contribution < 1.29 is 37.8 Å². The number of carbonyl (C=O) groups excluding carboxylic acids is 1. The molecule has 0 saturated carbocycles. The van der Waals surface area contributed by atoms with Gasteiger partial charge in [0, 0.05) is 12.2 Å². The molecule has 0 atom stereocenters. The van der Waals surface area contributed by atoms with E-state index < -0.39 is 39.7 Å². The smallest absolute Gasteiger partial charge is 0.435 e. The number of aliphatic carboxylic acids is 1. The van der Waals surface area contributed by atoms with E-state index in [-0.39, 0.29) is 11.3 Å². The molecular formula is C9H5F3N2O5S. The molecule has 0 saturated heterocycles. The van der Waals surface area contributed by atoms with Gasteiger partial charge in [-0.3, -0.25) is 10.1 Å². The maximum atomic E-state index is 12.5. The summed E-state index contributed by atoms with van der Waals surface area (Å²) in [7, 11) is 0. The number of carbonyl (C=O) groups is 3. The molecule has 11 heteroatoms. The lowest BCUT2D eigenvalue weighted by Crippen LogP contribution is -2.12. The van der Waals surface area contributed by atoms with Crippen LogP contribution in [0.2, 0.25) is 0 Å². The van der Waals surface area contributed by atoms with Crippen LogP contribution in [0.1, 0.15) is 15.4 Å². The van der Waals surface area contributed by atoms with Crippen LogP contribution in [0.25, 0.3) is 0 Å². The molecule has 1 aromatic heterocycles. The Kier molecular flexibility index (Phi) is 4.45. The van der Waals surface area contributed by atoms with Gasteiger partial charge in [-0.15, -0.1) is 0 Å². The van der Waals surface area contributed by atoms with Gasteiger partial charge in [-0.2, -0.15) is 13.2 Å². The molecule has 0 bridgehead atoms. The summed E-state index contributed by atoms with van der Waals surface area (Å²) >= 11 is 0.113. The first kappa shape index (κ1) is 15.6. The molecule has 0 aliphatic heterocycles. The second-order valence-corrected chi connectivity index (χ2v) is 4.16. The molecule has 1 heterocycles. The molecule has 0 spiro atoms. The third-order valence-corrected chi connectivity index (χ3v) is 2.66. The van der Waals surface area contributed by atoms with Crippen molar-refractivity contribution in [3.63, 3.8) is 0 Å². The van der Waals surface area contributed by atoms with Crippen molar-refractivity contribution in [3.05, 3.63) is 22.7 Å². The van der Waals surface area contributed by atoms with E-state index in [1.165, 1.54) is 0 Å². The summed E-state index contributed by atoms with van der Waals surface area (Å²) in [6, 6.07) is 0. The zero-order chi connectivity index (χ0) is 15.5. The van der Waals surface area contributed by atoms with Crippen LogP contribution in [0.5, 0.6) is 0 Å². The minimum Gasteiger partial charge on any atom is -0.478 e. The van der Waals surface area contributed by atoms with Gasteiger partial charge < -0.3 is 10.2 Å². The standard InChI is InChI=1S/C9H5F3N2O5S/c10-9(11,12)6-5(7(18)19)20-8(14-6)13-3(15)1-2-4(16)17/h1-2H,(H,16,17)(H,18,19)(H,13,14,15)/b2-1+. The maximum absolute atomic E-state index is 12.5. The van der Waals surface area contributed by atoms with Gasteiger partial charge in [0.1, 0.15) is 4.88 Å². The van der Waals surface area contributed by atoms with E-state index in [2.05, 4.69) is 4.98 Å². The van der Waals surface area contributed by atoms with Crippen LogP contribution in [0.15, 0.2) is 12.2 Å². The van der Waals surface area contributed by atoms with Crippen molar-refractivity contribution in [2.45, 2.75) is 6.18 Å². The number of nitrogens with one attached hydrogen (secondary N) is 1. The Balaban J connectivity index is 3.01. The second-order valence-electron chi connectivity index (χ2n) is 3.16. The van der Waals surface area contributed by atoms with E-state index in [0.717, 1.165) is 0 Å². The quantitative estimate of drug-likeness (QED) is 0.724. The van der Waals surface area contributed by atoms with Crippen molar-refractivity contribution in [2.75, 3.05) is 5.32 Å². The zero-order valence-corrected chi connectivity index (χ0v) is 10.1. The molecule has 0 aromatic carbocycles. The number of rotatable bonds is 4. The Morgan fingerprint density at radius 2 is 1.80 bits per heavy atom. The molecule has 0 aliphatic rings. The highest BCUT2D eigenvalue weighted by atomic mass is 32.1. The third-order valence-electron chi connectivity index (χ3n) is 1.70. The Morgan fingerprint density at radius 1 is 1.20 bits per heavy atom. The van der Waals surface area contributed by atoms with Crippen molar-refractivity contribution in [1.29, 1.82) is 0 Å². The molecule has 7 nitrogen and oxygen atoms in total. The second kappa shape index (κ2) is 5.69. The predicted octanol–water partition coefficient (Wildman–Crippen LogP) is 1.44. The van der Waals surface area contributed by atoms with Crippen LogP contribution in [0.3, 0.4) is 0 Å². The van der Waals surface area contributed by atoms with Gasteiger partial charge in [-0.1, -0.05) is 11.3 Å². The molecular weight excluding hydrogens is 305 g/mol. The third kappa shape index (κ3) is 4.05. The first-order valence-electron chi connectivity index (χ1n) is 4.64. The first-order valence-corrected chi connectivity index (χ1v) is 5.46. The van der Waals surface area contributed by atoms with Gasteiger partial charge in [0.05, 0.1) is 0 Å². The lowest BCUT2D eigenvalue weighted by molar-refractivity contribution is -0.141. The van der Waals surface area contributed by atoms with Crippen LogP contribution >= 0.6 is 11.3 Å². The number of alkyl halides is 3. The molecule has 0 radical (unpaired) electrons. The van der Waals surface area contributed by atoms with Gasteiger partial charge in [-0.25, -0.2) is 14.6 Å². The largest absolute Gasteiger partial charge is 0.478 e. The normalized spacial score (nSPS) is 11.6. The van der Waals surface area contributed by atoms with Crippen LogP contribution in [-0.4, -0.2) is 33.0 Å². The molecule has 3 N–H and O–H groups in total. The van der Waals surface area contributed by atoms with Crippen LogP contribution in [0, 0.1) is 0 Å². The summed E-state index contributed by atoms with van der Waals surface area (Å²) in [4.78, 5) is 33.8. The number of halogens is 3. The topological polar surface area (TPSA) is 117 Å². The summed E-state index contributed by atoms with van der Waals surface area (Å²) in [6.45, 7) is 0. The number of hydrogen-bond acceptors (Lipinski definition) is 5. The summed E-state index contributed by atoms with van der Waals surface area (Å²) in [5.74, 6) is -4.32. The molecule has 0 unspecified atom stereocenters. The fraction of sp³-hybridized carbons (Fsp3) is 0.111. The summed E-state index contributed by atoms with van der Waals surface area (Å²) < 4.78 is 37.5. The summed E-state index contributed by atoms with van der Waals surface area (Å²) in [6.07, 6.45) is -3.97. The molecule has 1 aromatic rings. The number of amides is 1. The van der Waals surface area contributed by atoms with E-state index >= 15 is 0 Å². The van der Waals surface area contributed by atoms with E-state index in [4.69, 9.17) is 10.2 Å². The highest BCUT2D eigenvalue weighted by molar-refractivity contribution is 7.17. The monoisotopic (exact) mass is 310 g/mol. The lowest BCUT2D eigenvalue weighted by Gasteiger charge is -2.02. The van der Waals surface area contributed by atoms with Crippen molar-refractivity contribution >= 4 is 34.3 Å². The number of carboxylic acid groups (broad SMARTS) is 2. The summed E-state index contributed by atoms with van der Waals surface area (Å²) in [5.41, 5.74) is -1.63. The molecule has 0 fully saturated rings. The number of nitrogens with zero attached hydrogens (tertiary/aromatic N) is 1. The van der Waals surface area contributed by atoms with E-state index in [0.29, 0.717) is 12.2 Å². The van der Waals surface area contributed by atoms with Crippen molar-refractivity contribution in [1.82, 2.24) is 4.98 Å². The predicted molar refractivity (Wildman–Crippen MR) is 59.5 cm³/mol. The number of aromatic nitrogens is 1.